The van der Waals surface area contributed by atoms with Crippen LogP contribution < -0.4 is 0 Å². The lowest BCUT2D eigenvalue weighted by molar-refractivity contribution is 0.477. The summed E-state index contributed by atoms with van der Waals surface area (Å²) in [5.74, 6) is 0.370. The third-order valence-corrected chi connectivity index (χ3v) is 4.62. The Morgan fingerprint density at radius 2 is 1.61 bits per heavy atom. The molecule has 4 rings (SSSR count). The topological polar surface area (TPSA) is 20.2 Å². The van der Waals surface area contributed by atoms with Gasteiger partial charge in [0.1, 0.15) is 5.75 Å². The Kier molecular flexibility index (Phi) is 3.27. The van der Waals surface area contributed by atoms with Crippen molar-refractivity contribution in [2.45, 2.75) is 12.8 Å². The van der Waals surface area contributed by atoms with Gasteiger partial charge in [0.25, 0.3) is 0 Å². The van der Waals surface area contributed by atoms with E-state index in [-0.39, 0.29) is 0 Å². The zero-order valence-electron chi connectivity index (χ0n) is 12.9. The number of aromatic hydroxyl groups is 1. The molecule has 3 aromatic rings. The first-order valence-electron chi connectivity index (χ1n) is 7.92. The average molecular weight is 298 g/mol. The lowest BCUT2D eigenvalue weighted by atomic mass is 9.91. The zero-order chi connectivity index (χ0) is 15.8. The fraction of sp³-hybridized carbons (Fsp3) is 0.0909. The molecule has 23 heavy (non-hydrogen) atoms. The summed E-state index contributed by atoms with van der Waals surface area (Å²) in [6.07, 6.45) is 3.66. The van der Waals surface area contributed by atoms with Crippen LogP contribution in [0.3, 0.4) is 0 Å². The van der Waals surface area contributed by atoms with Crippen molar-refractivity contribution in [3.8, 4) is 28.0 Å². The highest BCUT2D eigenvalue weighted by molar-refractivity contribution is 5.89. The van der Waals surface area contributed by atoms with Crippen LogP contribution in [-0.4, -0.2) is 5.11 Å². The van der Waals surface area contributed by atoms with E-state index in [1.807, 2.05) is 24.3 Å². The van der Waals surface area contributed by atoms with Gasteiger partial charge >= 0.3 is 0 Å². The lowest BCUT2D eigenvalue weighted by Crippen LogP contribution is -1.93. The minimum absolute atomic E-state index is 0.370. The number of allylic oxidation sites excluding steroid dienone is 1. The molecule has 1 aliphatic rings. The average Bonchev–Trinajstić information content (AvgIpc) is 2.97. The molecule has 1 N–H and O–H groups in total. The van der Waals surface area contributed by atoms with E-state index in [4.69, 9.17) is 0 Å². The molecule has 1 heteroatoms. The van der Waals surface area contributed by atoms with Gasteiger partial charge < -0.3 is 5.11 Å². The number of hydrogen-bond acceptors (Lipinski definition) is 1. The molecule has 0 amide bonds. The molecule has 112 valence electrons. The van der Waals surface area contributed by atoms with E-state index in [1.165, 1.54) is 27.8 Å². The summed E-state index contributed by atoms with van der Waals surface area (Å²) in [6, 6.07) is 20.7. The molecule has 0 saturated heterocycles. The third-order valence-electron chi connectivity index (χ3n) is 4.62. The van der Waals surface area contributed by atoms with Crippen LogP contribution in [-0.2, 0) is 12.8 Å². The van der Waals surface area contributed by atoms with Gasteiger partial charge in [-0.2, -0.15) is 0 Å². The van der Waals surface area contributed by atoms with Crippen molar-refractivity contribution in [1.29, 1.82) is 0 Å². The van der Waals surface area contributed by atoms with Gasteiger partial charge in [-0.15, -0.1) is 6.58 Å². The molecule has 0 unspecified atom stereocenters. The number of hydrogen-bond donors (Lipinski definition) is 1. The van der Waals surface area contributed by atoms with Crippen molar-refractivity contribution in [3.63, 3.8) is 0 Å². The fourth-order valence-electron chi connectivity index (χ4n) is 3.60. The number of benzene rings is 3. The lowest BCUT2D eigenvalue weighted by Gasteiger charge is -2.14. The van der Waals surface area contributed by atoms with E-state index >= 15 is 0 Å². The quantitative estimate of drug-likeness (QED) is 0.505. The van der Waals surface area contributed by atoms with Gasteiger partial charge in [-0.05, 0) is 52.3 Å². The van der Waals surface area contributed by atoms with E-state index in [2.05, 4.69) is 49.0 Å². The Bertz CT molecular complexity index is 906. The van der Waals surface area contributed by atoms with Gasteiger partial charge in [-0.25, -0.2) is 0 Å². The molecule has 0 heterocycles. The second-order valence-corrected chi connectivity index (χ2v) is 5.97. The molecule has 0 radical (unpaired) electrons. The smallest absolute Gasteiger partial charge is 0.123 e. The molecule has 0 atom stereocenters. The fourth-order valence-corrected chi connectivity index (χ4v) is 3.60. The summed E-state index contributed by atoms with van der Waals surface area (Å²) >= 11 is 0. The Balaban J connectivity index is 1.96. The molecule has 0 saturated carbocycles. The predicted molar refractivity (Wildman–Crippen MR) is 95.7 cm³/mol. The standard InChI is InChI=1S/C22H18O/c1-2-7-15-8-3-5-10-17(15)19-12-13-21(23)22-18-11-6-4-9-16(18)14-20(19)22/h2-6,8-13,23H,1,7,14H2. The van der Waals surface area contributed by atoms with Crippen molar-refractivity contribution in [3.05, 3.63) is 90.0 Å². The molecule has 0 fully saturated rings. The van der Waals surface area contributed by atoms with E-state index in [1.54, 1.807) is 0 Å². The molecule has 1 nitrogen and oxygen atoms in total. The zero-order valence-corrected chi connectivity index (χ0v) is 12.9. The molecule has 0 spiro atoms. The largest absolute Gasteiger partial charge is 0.507 e. The van der Waals surface area contributed by atoms with Crippen LogP contribution in [0.4, 0.5) is 0 Å². The molecular weight excluding hydrogens is 280 g/mol. The van der Waals surface area contributed by atoms with E-state index < -0.39 is 0 Å². The summed E-state index contributed by atoms with van der Waals surface area (Å²) in [5.41, 5.74) is 8.37. The maximum absolute atomic E-state index is 10.4. The van der Waals surface area contributed by atoms with Gasteiger partial charge in [0.05, 0.1) is 0 Å². The summed E-state index contributed by atoms with van der Waals surface area (Å²) in [4.78, 5) is 0. The van der Waals surface area contributed by atoms with Gasteiger partial charge in [-0.3, -0.25) is 0 Å². The van der Waals surface area contributed by atoms with Crippen molar-refractivity contribution < 1.29 is 5.11 Å². The maximum Gasteiger partial charge on any atom is 0.123 e. The first-order chi connectivity index (χ1) is 11.3. The normalized spacial score (nSPS) is 11.8. The maximum atomic E-state index is 10.4. The highest BCUT2D eigenvalue weighted by Gasteiger charge is 2.24. The number of fused-ring (bicyclic) bond motifs is 3. The molecule has 0 aromatic heterocycles. The van der Waals surface area contributed by atoms with Gasteiger partial charge in [0, 0.05) is 5.56 Å². The minimum atomic E-state index is 0.370. The summed E-state index contributed by atoms with van der Waals surface area (Å²) in [6.45, 7) is 3.87. The number of rotatable bonds is 3. The Hall–Kier alpha value is -2.80. The Morgan fingerprint density at radius 1 is 0.870 bits per heavy atom. The number of phenolic OH excluding ortho intramolecular Hbond substituents is 1. The van der Waals surface area contributed by atoms with Gasteiger partial charge in [0.15, 0.2) is 0 Å². The van der Waals surface area contributed by atoms with Crippen LogP contribution in [0.5, 0.6) is 5.75 Å². The van der Waals surface area contributed by atoms with Crippen molar-refractivity contribution in [2.75, 3.05) is 0 Å². The molecule has 0 aliphatic heterocycles. The first kappa shape index (κ1) is 13.8. The van der Waals surface area contributed by atoms with Crippen molar-refractivity contribution in [1.82, 2.24) is 0 Å². The monoisotopic (exact) mass is 298 g/mol. The van der Waals surface area contributed by atoms with Crippen molar-refractivity contribution >= 4 is 0 Å². The van der Waals surface area contributed by atoms with Crippen LogP contribution >= 0.6 is 0 Å². The van der Waals surface area contributed by atoms with E-state index in [9.17, 15) is 5.11 Å². The number of phenols is 1. The minimum Gasteiger partial charge on any atom is -0.507 e. The highest BCUT2D eigenvalue weighted by Crippen LogP contribution is 2.46. The highest BCUT2D eigenvalue weighted by atomic mass is 16.3. The van der Waals surface area contributed by atoms with Crippen LogP contribution in [0.2, 0.25) is 0 Å². The Labute approximate surface area is 136 Å². The molecular formula is C22H18O. The van der Waals surface area contributed by atoms with E-state index in [0.29, 0.717) is 5.75 Å². The SMILES string of the molecule is C=CCc1ccccc1-c1ccc(O)c2c1Cc1ccccc1-2. The molecule has 1 aliphatic carbocycles. The van der Waals surface area contributed by atoms with Crippen molar-refractivity contribution in [2.24, 2.45) is 0 Å². The molecule has 0 bridgehead atoms. The van der Waals surface area contributed by atoms with Crippen LogP contribution in [0.1, 0.15) is 16.7 Å². The Morgan fingerprint density at radius 3 is 2.43 bits per heavy atom. The third kappa shape index (κ3) is 2.17. The summed E-state index contributed by atoms with van der Waals surface area (Å²) in [5, 5.41) is 10.4. The first-order valence-corrected chi connectivity index (χ1v) is 7.92. The van der Waals surface area contributed by atoms with Crippen LogP contribution in [0.15, 0.2) is 73.3 Å². The van der Waals surface area contributed by atoms with Gasteiger partial charge in [-0.1, -0.05) is 60.7 Å². The predicted octanol–water partition coefficient (Wildman–Crippen LogP) is 5.36. The van der Waals surface area contributed by atoms with Crippen LogP contribution in [0, 0.1) is 0 Å². The second kappa shape index (κ2) is 5.44. The van der Waals surface area contributed by atoms with Crippen LogP contribution in [0.25, 0.3) is 22.3 Å². The van der Waals surface area contributed by atoms with E-state index in [0.717, 1.165) is 24.0 Å². The molecule has 3 aromatic carbocycles. The van der Waals surface area contributed by atoms with Gasteiger partial charge in [0.2, 0.25) is 0 Å². The summed E-state index contributed by atoms with van der Waals surface area (Å²) < 4.78 is 0. The second-order valence-electron chi connectivity index (χ2n) is 5.97. The summed E-state index contributed by atoms with van der Waals surface area (Å²) in [7, 11) is 0.